The van der Waals surface area contributed by atoms with E-state index in [1.807, 2.05) is 38.1 Å². The summed E-state index contributed by atoms with van der Waals surface area (Å²) in [5.74, 6) is 0.533. The van der Waals surface area contributed by atoms with Gasteiger partial charge in [0.1, 0.15) is 17.6 Å². The minimum absolute atomic E-state index is 0.195. The lowest BCUT2D eigenvalue weighted by molar-refractivity contribution is -0.139. The van der Waals surface area contributed by atoms with Crippen molar-refractivity contribution < 1.29 is 18.7 Å². The predicted octanol–water partition coefficient (Wildman–Crippen LogP) is 5.19. The van der Waals surface area contributed by atoms with Gasteiger partial charge in [0, 0.05) is 28.0 Å². The number of carbonyl (C=O) groups excluding carboxylic acids is 1. The minimum Gasteiger partial charge on any atom is -0.496 e. The Hall–Kier alpha value is -3.48. The number of hydrogen-bond acceptors (Lipinski definition) is 10. The molecular weight excluding hydrogens is 628 g/mol. The molecule has 3 aromatic heterocycles. The second kappa shape index (κ2) is 12.6. The number of aryl methyl sites for hydroxylation is 1. The van der Waals surface area contributed by atoms with Crippen LogP contribution in [0.4, 0.5) is 0 Å². The Morgan fingerprint density at radius 3 is 2.80 bits per heavy atom. The summed E-state index contributed by atoms with van der Waals surface area (Å²) in [6, 6.07) is 10.2. The number of halogens is 1. The monoisotopic (exact) mass is 654 g/mol. The van der Waals surface area contributed by atoms with Gasteiger partial charge in [0.25, 0.3) is 5.56 Å². The van der Waals surface area contributed by atoms with Gasteiger partial charge in [-0.3, -0.25) is 9.36 Å². The summed E-state index contributed by atoms with van der Waals surface area (Å²) in [6.07, 6.45) is 4.69. The molecular formula is C29H27BrN4O5S2. The van der Waals surface area contributed by atoms with E-state index in [1.165, 1.54) is 23.1 Å². The molecule has 1 aliphatic heterocycles. The van der Waals surface area contributed by atoms with E-state index in [4.69, 9.17) is 18.9 Å². The lowest BCUT2D eigenvalue weighted by Gasteiger charge is -2.27. The molecule has 12 heteroatoms. The Balaban J connectivity index is 1.66. The molecule has 212 valence electrons. The highest BCUT2D eigenvalue weighted by Crippen LogP contribution is 2.38. The number of fused-ring (bicyclic) bond motifs is 1. The van der Waals surface area contributed by atoms with Gasteiger partial charge in [-0.2, -0.15) is 0 Å². The molecule has 1 aliphatic rings. The largest absolute Gasteiger partial charge is 0.496 e. The van der Waals surface area contributed by atoms with Gasteiger partial charge in [-0.25, -0.2) is 19.8 Å². The number of rotatable bonds is 9. The molecule has 0 radical (unpaired) electrons. The summed E-state index contributed by atoms with van der Waals surface area (Å²) in [5, 5.41) is 1.17. The van der Waals surface area contributed by atoms with Crippen molar-refractivity contribution in [2.24, 2.45) is 4.99 Å². The standard InChI is InChI=1S/C29H27BrN4O5S2/c1-5-7-20-24(27(36)38-6-2)25(19-14-17(30)8-10-21(19)37-4)34-26(35)22(40-29(34)33-20)15-18-9-11-23(39-18)41-28-31-13-12-16(3)32-28/h8-15,25H,5-7H2,1-4H3/b22-15-/t25-/m0/s1. The maximum Gasteiger partial charge on any atom is 0.338 e. The van der Waals surface area contributed by atoms with Gasteiger partial charge in [-0.05, 0) is 68.4 Å². The van der Waals surface area contributed by atoms with Crippen molar-refractivity contribution in [1.82, 2.24) is 14.5 Å². The average Bonchev–Trinajstić information content (AvgIpc) is 3.51. The summed E-state index contributed by atoms with van der Waals surface area (Å²) >= 11 is 6.08. The molecule has 0 bridgehead atoms. The van der Waals surface area contributed by atoms with Gasteiger partial charge < -0.3 is 13.9 Å². The first-order valence-corrected chi connectivity index (χ1v) is 15.4. The zero-order chi connectivity index (χ0) is 29.1. The second-order valence-corrected chi connectivity index (χ2v) is 11.9. The van der Waals surface area contributed by atoms with Crippen LogP contribution in [-0.2, 0) is 9.53 Å². The Morgan fingerprint density at radius 2 is 2.07 bits per heavy atom. The molecule has 0 N–H and O–H groups in total. The zero-order valence-corrected chi connectivity index (χ0v) is 26.1. The van der Waals surface area contributed by atoms with Crippen molar-refractivity contribution in [3.05, 3.63) is 95.0 Å². The minimum atomic E-state index is -0.789. The highest BCUT2D eigenvalue weighted by atomic mass is 79.9. The van der Waals surface area contributed by atoms with E-state index in [0.29, 0.717) is 54.3 Å². The van der Waals surface area contributed by atoms with Crippen LogP contribution in [0.25, 0.3) is 6.08 Å². The van der Waals surface area contributed by atoms with E-state index < -0.39 is 12.0 Å². The number of ether oxygens (including phenoxy) is 2. The number of furan rings is 1. The first-order valence-electron chi connectivity index (χ1n) is 13.0. The first-order chi connectivity index (χ1) is 19.8. The third-order valence-electron chi connectivity index (χ3n) is 6.22. The Labute approximate surface area is 252 Å². The normalized spacial score (nSPS) is 15.0. The molecule has 0 aliphatic carbocycles. The fraction of sp³-hybridized carbons (Fsp3) is 0.276. The molecule has 4 aromatic rings. The van der Waals surface area contributed by atoms with Crippen LogP contribution in [0.3, 0.4) is 0 Å². The molecule has 9 nitrogen and oxygen atoms in total. The van der Waals surface area contributed by atoms with Crippen molar-refractivity contribution in [1.29, 1.82) is 0 Å². The molecule has 0 saturated heterocycles. The van der Waals surface area contributed by atoms with Crippen molar-refractivity contribution in [2.75, 3.05) is 13.7 Å². The number of esters is 1. The van der Waals surface area contributed by atoms with Gasteiger partial charge in [0.05, 0.1) is 29.5 Å². The molecule has 5 rings (SSSR count). The highest BCUT2D eigenvalue weighted by Gasteiger charge is 2.36. The van der Waals surface area contributed by atoms with Crippen LogP contribution >= 0.6 is 39.0 Å². The molecule has 4 heterocycles. The molecule has 0 spiro atoms. The number of allylic oxidation sites excluding steroid dienone is 1. The van der Waals surface area contributed by atoms with Crippen molar-refractivity contribution in [2.45, 2.75) is 49.9 Å². The maximum absolute atomic E-state index is 14.0. The summed E-state index contributed by atoms with van der Waals surface area (Å²) in [7, 11) is 1.56. The summed E-state index contributed by atoms with van der Waals surface area (Å²) in [4.78, 5) is 41.4. The van der Waals surface area contributed by atoms with Crippen LogP contribution in [0.5, 0.6) is 5.75 Å². The van der Waals surface area contributed by atoms with Crippen LogP contribution in [0.1, 0.15) is 49.7 Å². The van der Waals surface area contributed by atoms with Gasteiger partial charge >= 0.3 is 5.97 Å². The van der Waals surface area contributed by atoms with Crippen LogP contribution < -0.4 is 19.6 Å². The van der Waals surface area contributed by atoms with Crippen LogP contribution in [0, 0.1) is 6.92 Å². The Kier molecular flexibility index (Phi) is 8.91. The number of hydrogen-bond donors (Lipinski definition) is 0. The Bertz CT molecular complexity index is 1820. The SMILES string of the molecule is CCCC1=C(C(=O)OCC)[C@H](c2cc(Br)ccc2OC)n2c(s/c(=C\c3ccc(Sc4nccc(C)n4)o3)c2=O)=N1. The van der Waals surface area contributed by atoms with E-state index in [9.17, 15) is 9.59 Å². The number of nitrogens with zero attached hydrogens (tertiary/aromatic N) is 4. The van der Waals surface area contributed by atoms with Crippen LogP contribution in [0.2, 0.25) is 0 Å². The summed E-state index contributed by atoms with van der Waals surface area (Å²) < 4.78 is 19.9. The number of carbonyl (C=O) groups is 1. The van der Waals surface area contributed by atoms with Crippen molar-refractivity contribution in [3.8, 4) is 5.75 Å². The lowest BCUT2D eigenvalue weighted by atomic mass is 9.93. The number of benzene rings is 1. The molecule has 0 saturated carbocycles. The van der Waals surface area contributed by atoms with E-state index in [2.05, 4.69) is 25.9 Å². The topological polar surface area (TPSA) is 109 Å². The molecule has 0 amide bonds. The van der Waals surface area contributed by atoms with Crippen molar-refractivity contribution in [3.63, 3.8) is 0 Å². The lowest BCUT2D eigenvalue weighted by Crippen LogP contribution is -2.40. The predicted molar refractivity (Wildman–Crippen MR) is 160 cm³/mol. The average molecular weight is 656 g/mol. The molecule has 0 fully saturated rings. The van der Waals surface area contributed by atoms with Gasteiger partial charge in [0.15, 0.2) is 15.1 Å². The van der Waals surface area contributed by atoms with E-state index in [1.54, 1.807) is 43.0 Å². The highest BCUT2D eigenvalue weighted by molar-refractivity contribution is 9.10. The fourth-order valence-electron chi connectivity index (χ4n) is 4.50. The number of aromatic nitrogens is 3. The number of methoxy groups -OCH3 is 1. The van der Waals surface area contributed by atoms with Gasteiger partial charge in [0.2, 0.25) is 0 Å². The summed E-state index contributed by atoms with van der Waals surface area (Å²) in [6.45, 7) is 5.86. The second-order valence-electron chi connectivity index (χ2n) is 9.04. The molecule has 1 aromatic carbocycles. The van der Waals surface area contributed by atoms with Crippen LogP contribution in [-0.4, -0.2) is 34.2 Å². The quantitative estimate of drug-likeness (QED) is 0.179. The molecule has 0 unspecified atom stereocenters. The smallest absolute Gasteiger partial charge is 0.338 e. The van der Waals surface area contributed by atoms with Gasteiger partial charge in [-0.1, -0.05) is 40.6 Å². The summed E-state index contributed by atoms with van der Waals surface area (Å²) in [5.41, 5.74) is 2.14. The number of thiazole rings is 1. The van der Waals surface area contributed by atoms with E-state index >= 15 is 0 Å². The maximum atomic E-state index is 14.0. The van der Waals surface area contributed by atoms with Crippen molar-refractivity contribution >= 4 is 51.1 Å². The Morgan fingerprint density at radius 1 is 1.24 bits per heavy atom. The molecule has 41 heavy (non-hydrogen) atoms. The molecule has 1 atom stereocenters. The van der Waals surface area contributed by atoms with Gasteiger partial charge in [-0.15, -0.1) is 0 Å². The van der Waals surface area contributed by atoms with Crippen LogP contribution in [0.15, 0.2) is 82.8 Å². The first kappa shape index (κ1) is 29.0. The fourth-order valence-corrected chi connectivity index (χ4v) is 6.63. The van der Waals surface area contributed by atoms with E-state index in [0.717, 1.165) is 16.6 Å². The van der Waals surface area contributed by atoms with E-state index in [-0.39, 0.29) is 12.2 Å². The third-order valence-corrected chi connectivity index (χ3v) is 8.49. The third kappa shape index (κ3) is 6.09. The zero-order valence-electron chi connectivity index (χ0n) is 22.8.